The molecule has 0 bridgehead atoms. The topological polar surface area (TPSA) is 18.5 Å². The molecule has 0 aromatic heterocycles. The van der Waals surface area contributed by atoms with Crippen LogP contribution in [0.4, 0.5) is 0 Å². The number of hydrogen-bond donors (Lipinski definition) is 0. The Balaban J connectivity index is 2.95. The van der Waals surface area contributed by atoms with Gasteiger partial charge in [0.25, 0.3) is 0 Å². The van der Waals surface area contributed by atoms with Crippen molar-refractivity contribution in [2.45, 2.75) is 19.4 Å². The molecule has 65 valence electrons. The first-order chi connectivity index (χ1) is 5.31. The van der Waals surface area contributed by atoms with Gasteiger partial charge in [-0.05, 0) is 13.3 Å². The van der Waals surface area contributed by atoms with Crippen LogP contribution in [0.2, 0.25) is 0 Å². The summed E-state index contributed by atoms with van der Waals surface area (Å²) in [6.45, 7) is 11.1. The quantitative estimate of drug-likeness (QED) is 0.414. The Bertz CT molecular complexity index is 91.6. The monoisotopic (exact) mass is 157 g/mol. The smallest absolute Gasteiger partial charge is 0.0704 e. The largest absolute Gasteiger partial charge is 0.376 e. The summed E-state index contributed by atoms with van der Waals surface area (Å²) < 4.78 is 10.4. The van der Waals surface area contributed by atoms with Gasteiger partial charge in [0.05, 0.1) is 25.9 Å². The van der Waals surface area contributed by atoms with E-state index >= 15 is 0 Å². The van der Waals surface area contributed by atoms with Gasteiger partial charge in [0.15, 0.2) is 0 Å². The predicted molar refractivity (Wildman–Crippen MR) is 46.4 cm³/mol. The summed E-state index contributed by atoms with van der Waals surface area (Å²) in [7, 11) is 0. The van der Waals surface area contributed by atoms with Gasteiger partial charge in [0.1, 0.15) is 0 Å². The lowest BCUT2D eigenvalue weighted by atomic mass is 10.3. The minimum absolute atomic E-state index is 0.238. The molecule has 0 aliphatic heterocycles. The second-order valence-corrected chi connectivity index (χ2v) is 2.33. The second-order valence-electron chi connectivity index (χ2n) is 2.33. The van der Waals surface area contributed by atoms with Crippen molar-refractivity contribution in [1.29, 1.82) is 0 Å². The van der Waals surface area contributed by atoms with Gasteiger partial charge >= 0.3 is 0 Å². The van der Waals surface area contributed by atoms with Crippen molar-refractivity contribution in [2.24, 2.45) is 0 Å². The molecule has 0 amide bonds. The fourth-order valence-electron chi connectivity index (χ4n) is 0.558. The molecule has 0 aliphatic carbocycles. The maximum Gasteiger partial charge on any atom is 0.0704 e. The third-order valence-corrected chi connectivity index (χ3v) is 1.27. The minimum atomic E-state index is 0.238. The van der Waals surface area contributed by atoms with Gasteiger partial charge in [-0.1, -0.05) is 13.0 Å². The maximum absolute atomic E-state index is 5.32. The standard InChI is InChI=1S/C9H17O2/c1-4-6-10-7-8-11-9(3)5-2/h4,9H,1-2,5-8H2,3H3. The van der Waals surface area contributed by atoms with Crippen molar-refractivity contribution in [3.63, 3.8) is 0 Å². The van der Waals surface area contributed by atoms with Gasteiger partial charge in [-0.15, -0.1) is 6.58 Å². The lowest BCUT2D eigenvalue weighted by molar-refractivity contribution is 0.0201. The van der Waals surface area contributed by atoms with Crippen LogP contribution in [0.25, 0.3) is 0 Å². The Hall–Kier alpha value is -0.340. The Kier molecular flexibility index (Phi) is 7.52. The van der Waals surface area contributed by atoms with Crippen molar-refractivity contribution in [2.75, 3.05) is 19.8 Å². The van der Waals surface area contributed by atoms with Crippen LogP contribution in [0.3, 0.4) is 0 Å². The van der Waals surface area contributed by atoms with Crippen molar-refractivity contribution in [3.8, 4) is 0 Å². The van der Waals surface area contributed by atoms with Gasteiger partial charge in [-0.2, -0.15) is 0 Å². The van der Waals surface area contributed by atoms with Gasteiger partial charge < -0.3 is 9.47 Å². The molecule has 0 aliphatic rings. The SMILES string of the molecule is [CH2]CC(C)OCCOCC=C. The highest BCUT2D eigenvalue weighted by Crippen LogP contribution is 1.94. The molecule has 0 spiro atoms. The van der Waals surface area contributed by atoms with E-state index in [9.17, 15) is 0 Å². The summed E-state index contributed by atoms with van der Waals surface area (Å²) in [6.07, 6.45) is 2.77. The third-order valence-electron chi connectivity index (χ3n) is 1.27. The van der Waals surface area contributed by atoms with Crippen LogP contribution >= 0.6 is 0 Å². The van der Waals surface area contributed by atoms with E-state index in [4.69, 9.17) is 9.47 Å². The molecule has 0 saturated carbocycles. The Morgan fingerprint density at radius 3 is 2.73 bits per heavy atom. The van der Waals surface area contributed by atoms with E-state index in [1.807, 2.05) is 6.92 Å². The third kappa shape index (κ3) is 7.56. The van der Waals surface area contributed by atoms with E-state index in [0.717, 1.165) is 6.42 Å². The Labute approximate surface area is 69.2 Å². The molecular weight excluding hydrogens is 140 g/mol. The van der Waals surface area contributed by atoms with E-state index in [1.165, 1.54) is 0 Å². The molecule has 0 N–H and O–H groups in total. The van der Waals surface area contributed by atoms with E-state index in [-0.39, 0.29) is 6.10 Å². The zero-order chi connectivity index (χ0) is 8.53. The van der Waals surface area contributed by atoms with Gasteiger partial charge in [0.2, 0.25) is 0 Å². The zero-order valence-corrected chi connectivity index (χ0v) is 7.21. The van der Waals surface area contributed by atoms with E-state index < -0.39 is 0 Å². The van der Waals surface area contributed by atoms with Crippen LogP contribution in [-0.2, 0) is 9.47 Å². The fraction of sp³-hybridized carbons (Fsp3) is 0.667. The molecule has 1 atom stereocenters. The van der Waals surface area contributed by atoms with Gasteiger partial charge in [-0.25, -0.2) is 0 Å². The van der Waals surface area contributed by atoms with Crippen LogP contribution in [0.15, 0.2) is 12.7 Å². The van der Waals surface area contributed by atoms with E-state index in [2.05, 4.69) is 13.5 Å². The number of ether oxygens (including phenoxy) is 2. The summed E-state index contributed by atoms with van der Waals surface area (Å²) in [4.78, 5) is 0. The molecule has 11 heavy (non-hydrogen) atoms. The average molecular weight is 157 g/mol. The lowest BCUT2D eigenvalue weighted by Crippen LogP contribution is -2.11. The van der Waals surface area contributed by atoms with Crippen molar-refractivity contribution < 1.29 is 9.47 Å². The zero-order valence-electron chi connectivity index (χ0n) is 7.21. The second kappa shape index (κ2) is 7.76. The first-order valence-corrected chi connectivity index (χ1v) is 3.90. The normalized spacial score (nSPS) is 12.9. The maximum atomic E-state index is 5.32. The molecule has 2 nitrogen and oxygen atoms in total. The highest BCUT2D eigenvalue weighted by atomic mass is 16.5. The summed E-state index contributed by atoms with van der Waals surface area (Å²) in [5.41, 5.74) is 0. The summed E-state index contributed by atoms with van der Waals surface area (Å²) in [6, 6.07) is 0. The van der Waals surface area contributed by atoms with Crippen LogP contribution in [-0.4, -0.2) is 25.9 Å². The average Bonchev–Trinajstić information content (AvgIpc) is 2.04. The molecule has 1 radical (unpaired) electrons. The van der Waals surface area contributed by atoms with Crippen molar-refractivity contribution >= 4 is 0 Å². The molecule has 0 saturated heterocycles. The van der Waals surface area contributed by atoms with E-state index in [0.29, 0.717) is 19.8 Å². The van der Waals surface area contributed by atoms with Crippen LogP contribution < -0.4 is 0 Å². The first-order valence-electron chi connectivity index (χ1n) is 3.90. The summed E-state index contributed by atoms with van der Waals surface area (Å²) in [5.74, 6) is 0. The predicted octanol–water partition coefficient (Wildman–Crippen LogP) is 1.82. The number of rotatable bonds is 7. The van der Waals surface area contributed by atoms with E-state index in [1.54, 1.807) is 6.08 Å². The molecule has 1 unspecified atom stereocenters. The molecule has 0 aromatic rings. The van der Waals surface area contributed by atoms with Crippen LogP contribution in [0, 0.1) is 6.92 Å². The Morgan fingerprint density at radius 2 is 2.18 bits per heavy atom. The highest BCUT2D eigenvalue weighted by Gasteiger charge is 1.96. The van der Waals surface area contributed by atoms with Gasteiger partial charge in [0, 0.05) is 0 Å². The summed E-state index contributed by atoms with van der Waals surface area (Å²) in [5, 5.41) is 0. The molecular formula is C9H17O2. The molecule has 0 rings (SSSR count). The molecule has 0 fully saturated rings. The van der Waals surface area contributed by atoms with Crippen molar-refractivity contribution in [3.05, 3.63) is 19.6 Å². The molecule has 0 heterocycles. The molecule has 0 aromatic carbocycles. The minimum Gasteiger partial charge on any atom is -0.376 e. The van der Waals surface area contributed by atoms with Crippen LogP contribution in [0.5, 0.6) is 0 Å². The van der Waals surface area contributed by atoms with Crippen LogP contribution in [0.1, 0.15) is 13.3 Å². The number of hydrogen-bond acceptors (Lipinski definition) is 2. The highest BCUT2D eigenvalue weighted by molar-refractivity contribution is 4.63. The Morgan fingerprint density at radius 1 is 1.45 bits per heavy atom. The molecule has 2 heteroatoms. The van der Waals surface area contributed by atoms with Crippen molar-refractivity contribution in [1.82, 2.24) is 0 Å². The lowest BCUT2D eigenvalue weighted by Gasteiger charge is -2.09. The fourth-order valence-corrected chi connectivity index (χ4v) is 0.558. The first kappa shape index (κ1) is 10.7. The van der Waals surface area contributed by atoms with Gasteiger partial charge in [-0.3, -0.25) is 0 Å². The summed E-state index contributed by atoms with van der Waals surface area (Å²) >= 11 is 0.